The highest BCUT2D eigenvalue weighted by atomic mass is 16.1. The van der Waals surface area contributed by atoms with Gasteiger partial charge in [-0.3, -0.25) is 19.2 Å². The molecule has 0 amide bonds. The van der Waals surface area contributed by atoms with Crippen LogP contribution in [-0.2, 0) is 19.2 Å². The van der Waals surface area contributed by atoms with Gasteiger partial charge in [-0.25, -0.2) is 0 Å². The highest BCUT2D eigenvalue weighted by Gasteiger charge is 2.64. The SMILES string of the molecule is CC(=O)C=CC(=O)/C(C)=C/C=C/C(C)=C1/C(=O)C[C@H]2[C@@]3(C)CCC(=O)C(C)(C)[C@@H]3CC[C@]12C. The summed E-state index contributed by atoms with van der Waals surface area (Å²) in [5, 5.41) is 0. The van der Waals surface area contributed by atoms with Gasteiger partial charge in [0.05, 0.1) is 0 Å². The molecule has 0 saturated heterocycles. The summed E-state index contributed by atoms with van der Waals surface area (Å²) in [5.74, 6) is 0.781. The molecule has 0 aromatic rings. The van der Waals surface area contributed by atoms with E-state index in [1.165, 1.54) is 19.1 Å². The normalized spacial score (nSPS) is 35.7. The third-order valence-electron chi connectivity index (χ3n) is 8.98. The van der Waals surface area contributed by atoms with Crippen molar-refractivity contribution in [1.82, 2.24) is 0 Å². The summed E-state index contributed by atoms with van der Waals surface area (Å²) >= 11 is 0. The van der Waals surface area contributed by atoms with Gasteiger partial charge in [0.25, 0.3) is 0 Å². The first-order valence-corrected chi connectivity index (χ1v) is 12.1. The maximum absolute atomic E-state index is 13.3. The summed E-state index contributed by atoms with van der Waals surface area (Å²) in [4.78, 5) is 49.1. The van der Waals surface area contributed by atoms with Crippen molar-refractivity contribution in [2.75, 3.05) is 0 Å². The third kappa shape index (κ3) is 4.29. The minimum absolute atomic E-state index is 0.0161. The Balaban J connectivity index is 1.90. The standard InChI is InChI=1S/C29H38O4/c1-18(21(31)12-11-20(3)30)9-8-10-19(2)26-22(32)17-24-28(6)16-14-25(33)27(4,5)23(28)13-15-29(24,26)7/h8-12,23-24H,13-17H2,1-7H3/b10-8+,12-11?,18-9+,26-19-/t23-,24-,28-,29-/m0/s1. The lowest BCUT2D eigenvalue weighted by molar-refractivity contribution is -0.154. The van der Waals surface area contributed by atoms with Crippen molar-refractivity contribution in [3.8, 4) is 0 Å². The molecule has 4 heteroatoms. The Morgan fingerprint density at radius 2 is 1.58 bits per heavy atom. The summed E-state index contributed by atoms with van der Waals surface area (Å²) in [6, 6.07) is 0. The van der Waals surface area contributed by atoms with Gasteiger partial charge in [-0.15, -0.1) is 0 Å². The lowest BCUT2D eigenvalue weighted by Gasteiger charge is -2.60. The zero-order valence-electron chi connectivity index (χ0n) is 21.2. The molecule has 3 aliphatic carbocycles. The van der Waals surface area contributed by atoms with E-state index in [9.17, 15) is 19.2 Å². The fourth-order valence-corrected chi connectivity index (χ4v) is 7.21. The van der Waals surface area contributed by atoms with Crippen LogP contribution in [0, 0.1) is 28.1 Å². The average molecular weight is 451 g/mol. The van der Waals surface area contributed by atoms with Crippen LogP contribution in [0.25, 0.3) is 0 Å². The molecule has 0 aliphatic heterocycles. The Kier molecular flexibility index (Phi) is 6.72. The number of hydrogen-bond acceptors (Lipinski definition) is 4. The van der Waals surface area contributed by atoms with Gasteiger partial charge in [-0.1, -0.05) is 45.9 Å². The molecule has 3 aliphatic rings. The molecule has 0 aromatic carbocycles. The van der Waals surface area contributed by atoms with Crippen molar-refractivity contribution in [2.45, 2.75) is 80.6 Å². The molecule has 4 atom stereocenters. The van der Waals surface area contributed by atoms with E-state index in [0.29, 0.717) is 30.1 Å². The number of carbonyl (C=O) groups is 4. The quantitative estimate of drug-likeness (QED) is 0.385. The van der Waals surface area contributed by atoms with Crippen LogP contribution in [0.15, 0.2) is 47.1 Å². The lowest BCUT2D eigenvalue weighted by Crippen LogP contribution is -2.56. The zero-order chi connectivity index (χ0) is 24.8. The van der Waals surface area contributed by atoms with Gasteiger partial charge in [-0.05, 0) is 80.6 Å². The van der Waals surface area contributed by atoms with Crippen LogP contribution in [0.5, 0.6) is 0 Å². The summed E-state index contributed by atoms with van der Waals surface area (Å²) in [5.41, 5.74) is 1.88. The molecular weight excluding hydrogens is 412 g/mol. The Bertz CT molecular complexity index is 1020. The van der Waals surface area contributed by atoms with Gasteiger partial charge in [-0.2, -0.15) is 0 Å². The van der Waals surface area contributed by atoms with Gasteiger partial charge in [0.15, 0.2) is 17.3 Å². The van der Waals surface area contributed by atoms with Crippen molar-refractivity contribution >= 4 is 23.1 Å². The maximum atomic E-state index is 13.3. The molecule has 0 heterocycles. The molecule has 0 radical (unpaired) electrons. The predicted molar refractivity (Wildman–Crippen MR) is 130 cm³/mol. The van der Waals surface area contributed by atoms with E-state index < -0.39 is 0 Å². The fraction of sp³-hybridized carbons (Fsp3) is 0.586. The first kappa shape index (κ1) is 25.3. The number of allylic oxidation sites excluding steroid dienone is 8. The summed E-state index contributed by atoms with van der Waals surface area (Å²) in [6.07, 6.45) is 11.9. The van der Waals surface area contributed by atoms with Crippen LogP contribution in [0.2, 0.25) is 0 Å². The highest BCUT2D eigenvalue weighted by Crippen LogP contribution is 2.68. The van der Waals surface area contributed by atoms with E-state index in [4.69, 9.17) is 0 Å². The first-order valence-electron chi connectivity index (χ1n) is 12.1. The monoisotopic (exact) mass is 450 g/mol. The van der Waals surface area contributed by atoms with Gasteiger partial charge in [0.1, 0.15) is 5.78 Å². The highest BCUT2D eigenvalue weighted by molar-refractivity contribution is 6.07. The van der Waals surface area contributed by atoms with E-state index in [0.717, 1.165) is 30.4 Å². The Hall–Kier alpha value is -2.36. The molecule has 33 heavy (non-hydrogen) atoms. The van der Waals surface area contributed by atoms with E-state index >= 15 is 0 Å². The van der Waals surface area contributed by atoms with Crippen molar-refractivity contribution in [3.63, 3.8) is 0 Å². The number of carbonyl (C=O) groups excluding carboxylic acids is 4. The number of Topliss-reactive ketones (excluding diaryl/α,β-unsaturated/α-hetero) is 2. The van der Waals surface area contributed by atoms with Crippen molar-refractivity contribution in [1.29, 1.82) is 0 Å². The van der Waals surface area contributed by atoms with Crippen LogP contribution in [0.4, 0.5) is 0 Å². The lowest BCUT2D eigenvalue weighted by atomic mass is 9.43. The minimum Gasteiger partial charge on any atom is -0.299 e. The Labute approximate surface area is 198 Å². The second kappa shape index (κ2) is 8.77. The van der Waals surface area contributed by atoms with Gasteiger partial charge < -0.3 is 0 Å². The summed E-state index contributed by atoms with van der Waals surface area (Å²) in [7, 11) is 0. The zero-order valence-corrected chi connectivity index (χ0v) is 21.2. The number of hydrogen-bond donors (Lipinski definition) is 0. The summed E-state index contributed by atoms with van der Waals surface area (Å²) < 4.78 is 0. The molecule has 0 spiro atoms. The topological polar surface area (TPSA) is 68.3 Å². The largest absolute Gasteiger partial charge is 0.299 e. The van der Waals surface area contributed by atoms with Crippen molar-refractivity contribution in [3.05, 3.63) is 47.1 Å². The van der Waals surface area contributed by atoms with Crippen LogP contribution < -0.4 is 0 Å². The molecule has 0 unspecified atom stereocenters. The summed E-state index contributed by atoms with van der Waals surface area (Å²) in [6.45, 7) is 13.9. The first-order chi connectivity index (χ1) is 15.2. The third-order valence-corrected chi connectivity index (χ3v) is 8.98. The average Bonchev–Trinajstić information content (AvgIpc) is 3.00. The van der Waals surface area contributed by atoms with Crippen molar-refractivity contribution in [2.24, 2.45) is 28.1 Å². The number of rotatable bonds is 5. The van der Waals surface area contributed by atoms with E-state index in [-0.39, 0.29) is 39.5 Å². The van der Waals surface area contributed by atoms with Crippen molar-refractivity contribution < 1.29 is 19.2 Å². The van der Waals surface area contributed by atoms with E-state index in [1.807, 2.05) is 19.1 Å². The molecule has 4 nitrogen and oxygen atoms in total. The maximum Gasteiger partial charge on any atom is 0.181 e. The van der Waals surface area contributed by atoms with E-state index in [1.54, 1.807) is 13.0 Å². The Morgan fingerprint density at radius 1 is 0.909 bits per heavy atom. The van der Waals surface area contributed by atoms with Crippen LogP contribution in [0.3, 0.4) is 0 Å². The van der Waals surface area contributed by atoms with Crippen LogP contribution >= 0.6 is 0 Å². The Morgan fingerprint density at radius 3 is 2.21 bits per heavy atom. The molecule has 0 bridgehead atoms. The molecule has 3 fully saturated rings. The molecule has 0 aromatic heterocycles. The van der Waals surface area contributed by atoms with Crippen LogP contribution in [-0.4, -0.2) is 23.1 Å². The molecule has 3 saturated carbocycles. The van der Waals surface area contributed by atoms with E-state index in [2.05, 4.69) is 27.7 Å². The van der Waals surface area contributed by atoms with Gasteiger partial charge >= 0.3 is 0 Å². The van der Waals surface area contributed by atoms with Gasteiger partial charge in [0.2, 0.25) is 0 Å². The molecular formula is C29H38O4. The number of ketones is 4. The van der Waals surface area contributed by atoms with Crippen LogP contribution in [0.1, 0.15) is 80.6 Å². The number of fused-ring (bicyclic) bond motifs is 3. The smallest absolute Gasteiger partial charge is 0.181 e. The van der Waals surface area contributed by atoms with Gasteiger partial charge in [0, 0.05) is 29.2 Å². The minimum atomic E-state index is -0.329. The second-order valence-corrected chi connectivity index (χ2v) is 11.4. The molecule has 0 N–H and O–H groups in total. The predicted octanol–water partition coefficient (Wildman–Crippen LogP) is 5.92. The fourth-order valence-electron chi connectivity index (χ4n) is 7.21. The molecule has 3 rings (SSSR count). The molecule has 178 valence electrons. The second-order valence-electron chi connectivity index (χ2n) is 11.4.